The first-order valence-corrected chi connectivity index (χ1v) is 9.91. The summed E-state index contributed by atoms with van der Waals surface area (Å²) in [5.74, 6) is 0. The van der Waals surface area contributed by atoms with E-state index in [1.54, 1.807) is 0 Å². The first-order valence-electron chi connectivity index (χ1n) is 9.91. The molecule has 0 amide bonds. The minimum absolute atomic E-state index is 0.248. The lowest BCUT2D eigenvalue weighted by atomic mass is 10.0. The molecule has 140 valence electrons. The van der Waals surface area contributed by atoms with Gasteiger partial charge in [0.05, 0.1) is 0 Å². The van der Waals surface area contributed by atoms with E-state index in [0.717, 1.165) is 39.1 Å². The Morgan fingerprint density at radius 2 is 1.56 bits per heavy atom. The molecule has 0 saturated carbocycles. The molecule has 0 radical (unpaired) electrons. The summed E-state index contributed by atoms with van der Waals surface area (Å²) in [5.41, 5.74) is 2.72. The Balaban J connectivity index is 1.44. The summed E-state index contributed by atoms with van der Waals surface area (Å²) in [5, 5.41) is 12.2. The highest BCUT2D eigenvalue weighted by Crippen LogP contribution is 2.21. The number of aliphatic hydroxyl groups is 1. The molecule has 1 atom stereocenters. The molecule has 1 saturated heterocycles. The molecule has 1 heterocycles. The van der Waals surface area contributed by atoms with E-state index < -0.39 is 0 Å². The Kier molecular flexibility index (Phi) is 5.83. The van der Waals surface area contributed by atoms with Crippen molar-refractivity contribution >= 4 is 10.8 Å². The summed E-state index contributed by atoms with van der Waals surface area (Å²) in [6.45, 7) is 5.33. The molecule has 4 rings (SSSR count). The molecule has 0 spiro atoms. The largest absolute Gasteiger partial charge is 0.396 e. The van der Waals surface area contributed by atoms with Crippen LogP contribution in [0.2, 0.25) is 0 Å². The first kappa shape index (κ1) is 18.2. The van der Waals surface area contributed by atoms with Crippen LogP contribution in [0.4, 0.5) is 0 Å². The van der Waals surface area contributed by atoms with Gasteiger partial charge in [0.25, 0.3) is 0 Å². The summed E-state index contributed by atoms with van der Waals surface area (Å²) >= 11 is 0. The van der Waals surface area contributed by atoms with Gasteiger partial charge in [-0.3, -0.25) is 9.80 Å². The van der Waals surface area contributed by atoms with Crippen LogP contribution in [-0.4, -0.2) is 47.2 Å². The number of aliphatic hydroxyl groups excluding tert-OH is 1. The molecule has 3 heteroatoms. The van der Waals surface area contributed by atoms with Crippen molar-refractivity contribution in [2.45, 2.75) is 25.6 Å². The van der Waals surface area contributed by atoms with Crippen LogP contribution in [0.25, 0.3) is 10.8 Å². The fourth-order valence-corrected chi connectivity index (χ4v) is 4.15. The van der Waals surface area contributed by atoms with E-state index in [1.807, 2.05) is 0 Å². The molecule has 3 nitrogen and oxygen atoms in total. The van der Waals surface area contributed by atoms with Crippen molar-refractivity contribution in [2.24, 2.45) is 0 Å². The Hall–Kier alpha value is -2.20. The predicted octanol–water partition coefficient (Wildman–Crippen LogP) is 3.91. The van der Waals surface area contributed by atoms with Crippen molar-refractivity contribution in [2.75, 3.05) is 26.2 Å². The summed E-state index contributed by atoms with van der Waals surface area (Å²) in [4.78, 5) is 5.06. The SMILES string of the molecule is OCC[C@H]1CN(Cc2ccccc2)CCN1Cc1ccc2ccccc2c1. The van der Waals surface area contributed by atoms with Gasteiger partial charge in [-0.25, -0.2) is 0 Å². The van der Waals surface area contributed by atoms with Crippen LogP contribution in [0.1, 0.15) is 17.5 Å². The molecule has 0 aromatic heterocycles. The number of benzene rings is 3. The minimum Gasteiger partial charge on any atom is -0.396 e. The van der Waals surface area contributed by atoms with Crippen LogP contribution in [-0.2, 0) is 13.1 Å². The van der Waals surface area contributed by atoms with Gasteiger partial charge in [-0.05, 0) is 34.4 Å². The molecular weight excluding hydrogens is 332 g/mol. The summed E-state index contributed by atoms with van der Waals surface area (Å²) in [6.07, 6.45) is 0.832. The molecule has 1 N–H and O–H groups in total. The second kappa shape index (κ2) is 8.66. The van der Waals surface area contributed by atoms with Gasteiger partial charge in [-0.2, -0.15) is 0 Å². The number of hydrogen-bond acceptors (Lipinski definition) is 3. The Morgan fingerprint density at radius 3 is 2.37 bits per heavy atom. The highest BCUT2D eigenvalue weighted by atomic mass is 16.3. The lowest BCUT2D eigenvalue weighted by Crippen LogP contribution is -2.52. The van der Waals surface area contributed by atoms with Gasteiger partial charge in [-0.15, -0.1) is 0 Å². The monoisotopic (exact) mass is 360 g/mol. The molecule has 27 heavy (non-hydrogen) atoms. The van der Waals surface area contributed by atoms with Gasteiger partial charge < -0.3 is 5.11 Å². The second-order valence-corrected chi connectivity index (χ2v) is 7.54. The van der Waals surface area contributed by atoms with Crippen molar-refractivity contribution in [3.8, 4) is 0 Å². The third kappa shape index (κ3) is 4.56. The molecule has 1 aliphatic rings. The van der Waals surface area contributed by atoms with Gasteiger partial charge in [0, 0.05) is 45.4 Å². The second-order valence-electron chi connectivity index (χ2n) is 7.54. The molecule has 3 aromatic carbocycles. The summed E-state index contributed by atoms with van der Waals surface area (Å²) in [7, 11) is 0. The van der Waals surface area contributed by atoms with Crippen LogP contribution >= 0.6 is 0 Å². The standard InChI is InChI=1S/C24H28N2O/c27-15-12-24-19-25(17-20-6-2-1-3-7-20)13-14-26(24)18-21-10-11-22-8-4-5-9-23(22)16-21/h1-11,16,24,27H,12-15,17-19H2/t24-/m0/s1. The van der Waals surface area contributed by atoms with Crippen LogP contribution in [0.15, 0.2) is 72.8 Å². The first-order chi connectivity index (χ1) is 13.3. The lowest BCUT2D eigenvalue weighted by Gasteiger charge is -2.41. The third-order valence-corrected chi connectivity index (χ3v) is 5.60. The van der Waals surface area contributed by atoms with Gasteiger partial charge in [0.2, 0.25) is 0 Å². The van der Waals surface area contributed by atoms with E-state index in [0.29, 0.717) is 6.04 Å². The van der Waals surface area contributed by atoms with E-state index in [2.05, 4.69) is 82.6 Å². The molecule has 0 unspecified atom stereocenters. The normalized spacial score (nSPS) is 18.8. The van der Waals surface area contributed by atoms with Gasteiger partial charge in [0.15, 0.2) is 0 Å². The van der Waals surface area contributed by atoms with Crippen LogP contribution in [0.5, 0.6) is 0 Å². The molecule has 1 aliphatic heterocycles. The predicted molar refractivity (Wildman–Crippen MR) is 112 cm³/mol. The van der Waals surface area contributed by atoms with Crippen molar-refractivity contribution < 1.29 is 5.11 Å². The minimum atomic E-state index is 0.248. The van der Waals surface area contributed by atoms with E-state index >= 15 is 0 Å². The number of fused-ring (bicyclic) bond motifs is 1. The summed E-state index contributed by atoms with van der Waals surface area (Å²) < 4.78 is 0. The molecule has 0 bridgehead atoms. The summed E-state index contributed by atoms with van der Waals surface area (Å²) in [6, 6.07) is 26.4. The number of nitrogens with zero attached hydrogens (tertiary/aromatic N) is 2. The smallest absolute Gasteiger partial charge is 0.0446 e. The molecule has 1 fully saturated rings. The number of rotatable bonds is 6. The van der Waals surface area contributed by atoms with Gasteiger partial charge in [-0.1, -0.05) is 66.7 Å². The number of piperazine rings is 1. The fraction of sp³-hybridized carbons (Fsp3) is 0.333. The van der Waals surface area contributed by atoms with Gasteiger partial charge >= 0.3 is 0 Å². The maximum atomic E-state index is 9.57. The lowest BCUT2D eigenvalue weighted by molar-refractivity contribution is 0.0500. The fourth-order valence-electron chi connectivity index (χ4n) is 4.15. The van der Waals surface area contributed by atoms with E-state index in [-0.39, 0.29) is 6.61 Å². The van der Waals surface area contributed by atoms with Crippen LogP contribution < -0.4 is 0 Å². The zero-order valence-electron chi connectivity index (χ0n) is 15.8. The van der Waals surface area contributed by atoms with E-state index in [4.69, 9.17) is 0 Å². The molecule has 0 aliphatic carbocycles. The highest BCUT2D eigenvalue weighted by molar-refractivity contribution is 5.82. The average molecular weight is 361 g/mol. The van der Waals surface area contributed by atoms with Gasteiger partial charge in [0.1, 0.15) is 0 Å². The zero-order chi connectivity index (χ0) is 18.5. The Labute approximate surface area is 161 Å². The average Bonchev–Trinajstić information content (AvgIpc) is 2.71. The molecular formula is C24H28N2O. The van der Waals surface area contributed by atoms with Crippen LogP contribution in [0.3, 0.4) is 0 Å². The zero-order valence-corrected chi connectivity index (χ0v) is 15.8. The van der Waals surface area contributed by atoms with Crippen LogP contribution in [0, 0.1) is 0 Å². The Bertz CT molecular complexity index is 864. The maximum absolute atomic E-state index is 9.57. The topological polar surface area (TPSA) is 26.7 Å². The highest BCUT2D eigenvalue weighted by Gasteiger charge is 2.26. The van der Waals surface area contributed by atoms with Crippen molar-refractivity contribution in [1.82, 2.24) is 9.80 Å². The quantitative estimate of drug-likeness (QED) is 0.722. The van der Waals surface area contributed by atoms with Crippen molar-refractivity contribution in [1.29, 1.82) is 0 Å². The van der Waals surface area contributed by atoms with E-state index in [9.17, 15) is 5.11 Å². The molecule has 3 aromatic rings. The van der Waals surface area contributed by atoms with Crippen molar-refractivity contribution in [3.05, 3.63) is 83.9 Å². The van der Waals surface area contributed by atoms with Crippen molar-refractivity contribution in [3.63, 3.8) is 0 Å². The Morgan fingerprint density at radius 1 is 0.778 bits per heavy atom. The third-order valence-electron chi connectivity index (χ3n) is 5.60. The number of hydrogen-bond donors (Lipinski definition) is 1. The van der Waals surface area contributed by atoms with E-state index in [1.165, 1.54) is 21.9 Å². The maximum Gasteiger partial charge on any atom is 0.0446 e.